The molecule has 0 aliphatic heterocycles. The second-order valence-corrected chi connectivity index (χ2v) is 12.7. The van der Waals surface area contributed by atoms with Crippen molar-refractivity contribution >= 4 is 57.7 Å². The molecule has 0 saturated heterocycles. The summed E-state index contributed by atoms with van der Waals surface area (Å²) in [5.41, 5.74) is 4.72. The SMILES string of the molecule is CCOc1ccccc1/C=C(\NC(=O)c1ccccc1)C(=O)Nc1ccc(SCC(=O)Nc2nc(-c3ccc(C)cc3)c(C)s2)cc1. The third kappa shape index (κ3) is 9.18. The van der Waals surface area contributed by atoms with E-state index in [1.807, 2.05) is 81.4 Å². The number of para-hydroxylation sites is 1. The molecule has 0 bridgehead atoms. The second-order valence-electron chi connectivity index (χ2n) is 10.5. The number of rotatable bonds is 12. The molecule has 47 heavy (non-hydrogen) atoms. The van der Waals surface area contributed by atoms with Gasteiger partial charge in [-0.3, -0.25) is 14.4 Å². The number of carbonyl (C=O) groups excluding carboxylic acids is 3. The molecule has 3 amide bonds. The van der Waals surface area contributed by atoms with Crippen LogP contribution in [0.25, 0.3) is 17.3 Å². The van der Waals surface area contributed by atoms with Gasteiger partial charge in [-0.15, -0.1) is 23.1 Å². The molecule has 0 radical (unpaired) electrons. The van der Waals surface area contributed by atoms with E-state index in [0.717, 1.165) is 21.0 Å². The standard InChI is InChI=1S/C37H34N4O4S2/c1-4-45-32-13-9-8-12-28(32)22-31(39-35(43)27-10-6-5-7-11-27)36(44)38-29-18-20-30(21-19-29)46-23-33(42)40-37-41-34(25(3)47-37)26-16-14-24(2)15-17-26/h5-22H,4,23H2,1-3H3,(H,38,44)(H,39,43)(H,40,41,42)/b31-22-. The number of aromatic nitrogens is 1. The van der Waals surface area contributed by atoms with Crippen LogP contribution in [-0.2, 0) is 9.59 Å². The number of hydrogen-bond donors (Lipinski definition) is 3. The molecule has 4 aromatic carbocycles. The predicted molar refractivity (Wildman–Crippen MR) is 191 cm³/mol. The van der Waals surface area contributed by atoms with Gasteiger partial charge in [0.05, 0.1) is 18.1 Å². The number of nitrogens with zero attached hydrogens (tertiary/aromatic N) is 1. The van der Waals surface area contributed by atoms with Gasteiger partial charge in [-0.05, 0) is 69.3 Å². The van der Waals surface area contributed by atoms with Crippen LogP contribution in [0.4, 0.5) is 10.8 Å². The first-order valence-corrected chi connectivity index (χ1v) is 16.8. The molecule has 0 spiro atoms. The van der Waals surface area contributed by atoms with E-state index < -0.39 is 11.8 Å². The molecular formula is C37H34N4O4S2. The Labute approximate surface area is 282 Å². The molecule has 1 aromatic heterocycles. The zero-order chi connectivity index (χ0) is 33.2. The lowest BCUT2D eigenvalue weighted by Gasteiger charge is -2.13. The maximum atomic E-state index is 13.5. The first-order chi connectivity index (χ1) is 22.8. The van der Waals surface area contributed by atoms with Crippen LogP contribution in [0.3, 0.4) is 0 Å². The van der Waals surface area contributed by atoms with Crippen LogP contribution in [0.2, 0.25) is 0 Å². The van der Waals surface area contributed by atoms with Crippen LogP contribution in [0.15, 0.2) is 114 Å². The van der Waals surface area contributed by atoms with Gasteiger partial charge in [-0.2, -0.15) is 0 Å². The van der Waals surface area contributed by atoms with Crippen molar-refractivity contribution in [3.63, 3.8) is 0 Å². The number of benzene rings is 4. The van der Waals surface area contributed by atoms with Crippen molar-refractivity contribution in [3.05, 3.63) is 130 Å². The van der Waals surface area contributed by atoms with E-state index in [-0.39, 0.29) is 17.4 Å². The third-order valence-electron chi connectivity index (χ3n) is 6.90. The summed E-state index contributed by atoms with van der Waals surface area (Å²) in [5.74, 6) is -0.277. The van der Waals surface area contributed by atoms with Crippen molar-refractivity contribution in [1.82, 2.24) is 10.3 Å². The van der Waals surface area contributed by atoms with E-state index in [9.17, 15) is 14.4 Å². The minimum atomic E-state index is -0.496. The zero-order valence-electron chi connectivity index (χ0n) is 26.2. The van der Waals surface area contributed by atoms with Crippen LogP contribution in [0, 0.1) is 13.8 Å². The minimum Gasteiger partial charge on any atom is -0.493 e. The third-order valence-corrected chi connectivity index (χ3v) is 8.80. The maximum Gasteiger partial charge on any atom is 0.272 e. The molecule has 0 aliphatic rings. The number of thiazole rings is 1. The van der Waals surface area contributed by atoms with Gasteiger partial charge in [-0.1, -0.05) is 66.2 Å². The monoisotopic (exact) mass is 662 g/mol. The molecule has 1 heterocycles. The van der Waals surface area contributed by atoms with Crippen LogP contribution < -0.4 is 20.7 Å². The highest BCUT2D eigenvalue weighted by atomic mass is 32.2. The summed E-state index contributed by atoms with van der Waals surface area (Å²) in [7, 11) is 0. The molecule has 8 nitrogen and oxygen atoms in total. The Bertz CT molecular complexity index is 1890. The molecule has 0 aliphatic carbocycles. The Kier molecular flexibility index (Phi) is 11.2. The van der Waals surface area contributed by atoms with Crippen LogP contribution in [-0.4, -0.2) is 35.1 Å². The Morgan fingerprint density at radius 3 is 2.28 bits per heavy atom. The molecule has 5 aromatic rings. The van der Waals surface area contributed by atoms with Gasteiger partial charge < -0.3 is 20.7 Å². The van der Waals surface area contributed by atoms with Crippen molar-refractivity contribution < 1.29 is 19.1 Å². The highest BCUT2D eigenvalue weighted by molar-refractivity contribution is 8.00. The molecular weight excluding hydrogens is 629 g/mol. The maximum absolute atomic E-state index is 13.5. The number of anilines is 2. The van der Waals surface area contributed by atoms with Gasteiger partial charge in [0.25, 0.3) is 11.8 Å². The van der Waals surface area contributed by atoms with E-state index in [0.29, 0.717) is 34.3 Å². The van der Waals surface area contributed by atoms with E-state index >= 15 is 0 Å². The van der Waals surface area contributed by atoms with Crippen molar-refractivity contribution in [2.45, 2.75) is 25.7 Å². The second kappa shape index (κ2) is 15.9. The first kappa shape index (κ1) is 33.2. The number of aryl methyl sites for hydroxylation is 2. The topological polar surface area (TPSA) is 109 Å². The van der Waals surface area contributed by atoms with Crippen LogP contribution in [0.5, 0.6) is 5.75 Å². The highest BCUT2D eigenvalue weighted by Crippen LogP contribution is 2.31. The smallest absolute Gasteiger partial charge is 0.272 e. The molecule has 0 fully saturated rings. The summed E-state index contributed by atoms with van der Waals surface area (Å²) in [5, 5.41) is 9.08. The first-order valence-electron chi connectivity index (χ1n) is 15.0. The molecule has 5 rings (SSSR count). The fourth-order valence-corrected chi connectivity index (χ4v) is 6.10. The fourth-order valence-electron chi connectivity index (χ4n) is 4.55. The summed E-state index contributed by atoms with van der Waals surface area (Å²) in [6, 6.07) is 31.3. The largest absolute Gasteiger partial charge is 0.493 e. The average molecular weight is 663 g/mol. The summed E-state index contributed by atoms with van der Waals surface area (Å²) >= 11 is 2.82. The van der Waals surface area contributed by atoms with Crippen molar-refractivity contribution in [2.24, 2.45) is 0 Å². The van der Waals surface area contributed by atoms with Gasteiger partial charge in [-0.25, -0.2) is 4.98 Å². The number of ether oxygens (including phenoxy) is 1. The summed E-state index contributed by atoms with van der Waals surface area (Å²) in [6.07, 6.45) is 1.59. The molecule has 0 unspecified atom stereocenters. The van der Waals surface area contributed by atoms with Gasteiger partial charge in [0.15, 0.2) is 5.13 Å². The van der Waals surface area contributed by atoms with E-state index in [1.54, 1.807) is 48.5 Å². The normalized spacial score (nSPS) is 11.1. The lowest BCUT2D eigenvalue weighted by Crippen LogP contribution is -2.30. The number of hydrogen-bond acceptors (Lipinski definition) is 7. The number of nitrogens with one attached hydrogen (secondary N) is 3. The predicted octanol–water partition coefficient (Wildman–Crippen LogP) is 7.97. The van der Waals surface area contributed by atoms with Crippen LogP contribution in [0.1, 0.15) is 33.3 Å². The van der Waals surface area contributed by atoms with Gasteiger partial charge in [0, 0.05) is 32.2 Å². The average Bonchev–Trinajstić information content (AvgIpc) is 3.44. The van der Waals surface area contributed by atoms with E-state index in [1.165, 1.54) is 28.7 Å². The Morgan fingerprint density at radius 2 is 1.55 bits per heavy atom. The van der Waals surface area contributed by atoms with Gasteiger partial charge in [0.2, 0.25) is 5.91 Å². The number of thioether (sulfide) groups is 1. The molecule has 0 atom stereocenters. The summed E-state index contributed by atoms with van der Waals surface area (Å²) in [6.45, 7) is 6.36. The minimum absolute atomic E-state index is 0.0593. The quantitative estimate of drug-likeness (QED) is 0.0924. The van der Waals surface area contributed by atoms with Crippen molar-refractivity contribution in [2.75, 3.05) is 23.0 Å². The van der Waals surface area contributed by atoms with E-state index in [4.69, 9.17) is 4.74 Å². The van der Waals surface area contributed by atoms with Crippen molar-refractivity contribution in [3.8, 4) is 17.0 Å². The van der Waals surface area contributed by atoms with Crippen molar-refractivity contribution in [1.29, 1.82) is 0 Å². The zero-order valence-corrected chi connectivity index (χ0v) is 27.8. The Morgan fingerprint density at radius 1 is 0.851 bits per heavy atom. The lowest BCUT2D eigenvalue weighted by atomic mass is 10.1. The molecule has 3 N–H and O–H groups in total. The Hall–Kier alpha value is -5.19. The highest BCUT2D eigenvalue weighted by Gasteiger charge is 2.17. The fraction of sp³-hybridized carbons (Fsp3) is 0.135. The van der Waals surface area contributed by atoms with Gasteiger partial charge >= 0.3 is 0 Å². The van der Waals surface area contributed by atoms with Gasteiger partial charge in [0.1, 0.15) is 11.4 Å². The summed E-state index contributed by atoms with van der Waals surface area (Å²) < 4.78 is 5.72. The molecule has 0 saturated carbocycles. The number of amides is 3. The lowest BCUT2D eigenvalue weighted by molar-refractivity contribution is -0.114. The van der Waals surface area contributed by atoms with Crippen LogP contribution >= 0.6 is 23.1 Å². The molecule has 238 valence electrons. The van der Waals surface area contributed by atoms with E-state index in [2.05, 4.69) is 20.9 Å². The molecule has 10 heteroatoms. The summed E-state index contributed by atoms with van der Waals surface area (Å²) in [4.78, 5) is 45.7. The number of carbonyl (C=O) groups is 3. The Balaban J connectivity index is 1.22.